The van der Waals surface area contributed by atoms with E-state index in [1.54, 1.807) is 0 Å². The number of aromatic amines is 1. The van der Waals surface area contributed by atoms with E-state index >= 15 is 0 Å². The number of H-pyrrole nitrogens is 1. The summed E-state index contributed by atoms with van der Waals surface area (Å²) < 4.78 is 5.55. The van der Waals surface area contributed by atoms with Crippen LogP contribution in [0, 0.1) is 5.92 Å². The molecule has 2 atom stereocenters. The van der Waals surface area contributed by atoms with Crippen LogP contribution in [0.15, 0.2) is 30.5 Å². The molecule has 2 aromatic rings. The van der Waals surface area contributed by atoms with Gasteiger partial charge in [-0.2, -0.15) is 0 Å². The normalized spacial score (nSPS) is 21.8. The van der Waals surface area contributed by atoms with Gasteiger partial charge in [0.2, 0.25) is 0 Å². The highest BCUT2D eigenvalue weighted by atomic mass is 16.6. The molecule has 0 saturated carbocycles. The molecule has 0 radical (unpaired) electrons. The maximum Gasteiger partial charge on any atom is 0.410 e. The first-order valence-corrected chi connectivity index (χ1v) is 8.43. The molecule has 1 N–H and O–H groups in total. The molecule has 0 aliphatic carbocycles. The Bertz CT molecular complexity index is 699. The van der Waals surface area contributed by atoms with Crippen molar-refractivity contribution in [3.63, 3.8) is 0 Å². The van der Waals surface area contributed by atoms with Crippen LogP contribution in [-0.4, -0.2) is 34.7 Å². The SMILES string of the molecule is CC[C@@H]1CN(C(=O)OC(C)(C)C)C[C@H]1c1c[nH]c2ccccc12. The number of benzene rings is 1. The van der Waals surface area contributed by atoms with Gasteiger partial charge in [0.15, 0.2) is 0 Å². The van der Waals surface area contributed by atoms with Crippen molar-refractivity contribution in [2.24, 2.45) is 5.92 Å². The van der Waals surface area contributed by atoms with Gasteiger partial charge in [-0.3, -0.25) is 0 Å². The van der Waals surface area contributed by atoms with E-state index in [4.69, 9.17) is 4.74 Å². The third-order valence-corrected chi connectivity index (χ3v) is 4.64. The number of hydrogen-bond donors (Lipinski definition) is 1. The van der Waals surface area contributed by atoms with Gasteiger partial charge < -0.3 is 14.6 Å². The summed E-state index contributed by atoms with van der Waals surface area (Å²) in [4.78, 5) is 17.6. The number of likely N-dealkylation sites (tertiary alicyclic amines) is 1. The Morgan fingerprint density at radius 2 is 2.04 bits per heavy atom. The lowest BCUT2D eigenvalue weighted by molar-refractivity contribution is 0.0286. The summed E-state index contributed by atoms with van der Waals surface area (Å²) in [5.41, 5.74) is 2.03. The Labute approximate surface area is 137 Å². The molecule has 1 fully saturated rings. The fraction of sp³-hybridized carbons (Fsp3) is 0.526. The topological polar surface area (TPSA) is 45.3 Å². The molecule has 1 amide bonds. The van der Waals surface area contributed by atoms with Crippen molar-refractivity contribution in [1.82, 2.24) is 9.88 Å². The number of amides is 1. The maximum absolute atomic E-state index is 12.4. The molecular weight excluding hydrogens is 288 g/mol. The zero-order valence-electron chi connectivity index (χ0n) is 14.4. The summed E-state index contributed by atoms with van der Waals surface area (Å²) >= 11 is 0. The van der Waals surface area contributed by atoms with Crippen LogP contribution in [0.4, 0.5) is 4.79 Å². The molecule has 23 heavy (non-hydrogen) atoms. The van der Waals surface area contributed by atoms with Gasteiger partial charge in [-0.1, -0.05) is 31.5 Å². The molecule has 4 heteroatoms. The Morgan fingerprint density at radius 3 is 2.74 bits per heavy atom. The van der Waals surface area contributed by atoms with E-state index in [9.17, 15) is 4.79 Å². The minimum absolute atomic E-state index is 0.196. The van der Waals surface area contributed by atoms with E-state index in [0.717, 1.165) is 25.0 Å². The number of rotatable bonds is 2. The third-order valence-electron chi connectivity index (χ3n) is 4.64. The van der Waals surface area contributed by atoms with Gasteiger partial charge in [-0.15, -0.1) is 0 Å². The number of aromatic nitrogens is 1. The predicted octanol–water partition coefficient (Wildman–Crippen LogP) is 4.53. The lowest BCUT2D eigenvalue weighted by Crippen LogP contribution is -2.35. The van der Waals surface area contributed by atoms with E-state index in [-0.39, 0.29) is 6.09 Å². The molecule has 1 saturated heterocycles. The summed E-state index contributed by atoms with van der Waals surface area (Å²) in [6.45, 7) is 9.44. The van der Waals surface area contributed by atoms with E-state index in [2.05, 4.69) is 36.3 Å². The van der Waals surface area contributed by atoms with Crippen LogP contribution < -0.4 is 0 Å². The first-order chi connectivity index (χ1) is 10.9. The summed E-state index contributed by atoms with van der Waals surface area (Å²) in [5.74, 6) is 0.838. The van der Waals surface area contributed by atoms with E-state index in [0.29, 0.717) is 11.8 Å². The molecule has 2 heterocycles. The smallest absolute Gasteiger partial charge is 0.410 e. The molecule has 0 bridgehead atoms. The molecule has 4 nitrogen and oxygen atoms in total. The Morgan fingerprint density at radius 1 is 1.30 bits per heavy atom. The average molecular weight is 314 g/mol. The second-order valence-electron chi connectivity index (χ2n) is 7.45. The first-order valence-electron chi connectivity index (χ1n) is 8.43. The number of hydrogen-bond acceptors (Lipinski definition) is 2. The van der Waals surface area contributed by atoms with Gasteiger partial charge in [0.05, 0.1) is 0 Å². The minimum Gasteiger partial charge on any atom is -0.444 e. The van der Waals surface area contributed by atoms with Crippen LogP contribution in [0.3, 0.4) is 0 Å². The first kappa shape index (κ1) is 15.9. The molecule has 1 aliphatic rings. The highest BCUT2D eigenvalue weighted by Crippen LogP contribution is 2.38. The van der Waals surface area contributed by atoms with Crippen LogP contribution >= 0.6 is 0 Å². The molecule has 0 spiro atoms. The third kappa shape index (κ3) is 3.21. The number of carbonyl (C=O) groups is 1. The number of fused-ring (bicyclic) bond motifs is 1. The molecule has 3 rings (SSSR count). The Kier molecular flexibility index (Phi) is 4.09. The minimum atomic E-state index is -0.447. The highest BCUT2D eigenvalue weighted by Gasteiger charge is 2.37. The second kappa shape index (κ2) is 5.91. The summed E-state index contributed by atoms with van der Waals surface area (Å²) in [5, 5.41) is 1.27. The van der Waals surface area contributed by atoms with Gasteiger partial charge in [0, 0.05) is 36.1 Å². The summed E-state index contributed by atoms with van der Waals surface area (Å²) in [6, 6.07) is 8.37. The van der Waals surface area contributed by atoms with E-state index in [1.807, 2.05) is 31.7 Å². The van der Waals surface area contributed by atoms with E-state index in [1.165, 1.54) is 10.9 Å². The van der Waals surface area contributed by atoms with Crippen molar-refractivity contribution in [3.8, 4) is 0 Å². The standard InChI is InChI=1S/C19H26N2O2/c1-5-13-11-21(18(22)23-19(2,3)4)12-16(13)15-10-20-17-9-7-6-8-14(15)17/h6-10,13,16,20H,5,11-12H2,1-4H3/t13-,16-/m1/s1. The van der Waals surface area contributed by atoms with Crippen LogP contribution in [0.5, 0.6) is 0 Å². The quantitative estimate of drug-likeness (QED) is 0.885. The molecule has 1 aromatic carbocycles. The lowest BCUT2D eigenvalue weighted by Gasteiger charge is -2.24. The fourth-order valence-electron chi connectivity index (χ4n) is 3.51. The van der Waals surface area contributed by atoms with Crippen molar-refractivity contribution in [2.75, 3.05) is 13.1 Å². The summed E-state index contributed by atoms with van der Waals surface area (Å²) in [7, 11) is 0. The van der Waals surface area contributed by atoms with Gasteiger partial charge in [-0.25, -0.2) is 4.79 Å². The predicted molar refractivity (Wildman–Crippen MR) is 92.6 cm³/mol. The largest absolute Gasteiger partial charge is 0.444 e. The monoisotopic (exact) mass is 314 g/mol. The number of carbonyl (C=O) groups excluding carboxylic acids is 1. The summed E-state index contributed by atoms with van der Waals surface area (Å²) in [6.07, 6.45) is 2.97. The number of ether oxygens (including phenoxy) is 1. The van der Waals surface area contributed by atoms with Crippen molar-refractivity contribution in [3.05, 3.63) is 36.0 Å². The zero-order chi connectivity index (χ0) is 16.6. The lowest BCUT2D eigenvalue weighted by atomic mass is 9.87. The van der Waals surface area contributed by atoms with Crippen LogP contribution in [0.2, 0.25) is 0 Å². The fourth-order valence-corrected chi connectivity index (χ4v) is 3.51. The molecule has 1 aliphatic heterocycles. The number of nitrogens with one attached hydrogen (secondary N) is 1. The number of para-hydroxylation sites is 1. The van der Waals surface area contributed by atoms with Gasteiger partial charge in [0.1, 0.15) is 5.60 Å². The maximum atomic E-state index is 12.4. The zero-order valence-corrected chi connectivity index (χ0v) is 14.4. The van der Waals surface area contributed by atoms with Crippen molar-refractivity contribution in [2.45, 2.75) is 45.6 Å². The van der Waals surface area contributed by atoms with E-state index < -0.39 is 5.60 Å². The van der Waals surface area contributed by atoms with Crippen molar-refractivity contribution >= 4 is 17.0 Å². The Hall–Kier alpha value is -1.97. The van der Waals surface area contributed by atoms with Crippen LogP contribution in [0.25, 0.3) is 10.9 Å². The van der Waals surface area contributed by atoms with Crippen molar-refractivity contribution in [1.29, 1.82) is 0 Å². The van der Waals surface area contributed by atoms with Crippen LogP contribution in [-0.2, 0) is 4.74 Å². The highest BCUT2D eigenvalue weighted by molar-refractivity contribution is 5.84. The number of nitrogens with zero attached hydrogens (tertiary/aromatic N) is 1. The van der Waals surface area contributed by atoms with Crippen LogP contribution in [0.1, 0.15) is 45.6 Å². The van der Waals surface area contributed by atoms with Gasteiger partial charge in [-0.05, 0) is 38.3 Å². The molecule has 0 unspecified atom stereocenters. The second-order valence-corrected chi connectivity index (χ2v) is 7.45. The molecule has 124 valence electrons. The molecule has 1 aromatic heterocycles. The van der Waals surface area contributed by atoms with Gasteiger partial charge >= 0.3 is 6.09 Å². The Balaban J connectivity index is 1.84. The molecular formula is C19H26N2O2. The average Bonchev–Trinajstić information content (AvgIpc) is 3.08. The van der Waals surface area contributed by atoms with Gasteiger partial charge in [0.25, 0.3) is 0 Å². The van der Waals surface area contributed by atoms with Crippen molar-refractivity contribution < 1.29 is 9.53 Å².